The van der Waals surface area contributed by atoms with Crippen molar-refractivity contribution in [3.63, 3.8) is 0 Å². The van der Waals surface area contributed by atoms with Crippen molar-refractivity contribution < 1.29 is 33.4 Å². The van der Waals surface area contributed by atoms with Crippen molar-refractivity contribution in [2.24, 2.45) is 0 Å². The van der Waals surface area contributed by atoms with Crippen LogP contribution in [-0.2, 0) is 22.4 Å². The fourth-order valence-electron chi connectivity index (χ4n) is 4.02. The van der Waals surface area contributed by atoms with Crippen LogP contribution in [0.4, 0.5) is 5.00 Å². The predicted octanol–water partition coefficient (Wildman–Crippen LogP) is 3.66. The number of thiophene rings is 1. The molecule has 1 N–H and O–H groups in total. The summed E-state index contributed by atoms with van der Waals surface area (Å²) < 4.78 is 16.5. The minimum Gasteiger partial charge on any atom is -0.538 e. The van der Waals surface area contributed by atoms with Crippen molar-refractivity contribution in [3.8, 4) is 17.4 Å². The van der Waals surface area contributed by atoms with Gasteiger partial charge in [0.25, 0.3) is 5.03 Å². The molecule has 9 nitrogen and oxygen atoms in total. The molecule has 35 heavy (non-hydrogen) atoms. The van der Waals surface area contributed by atoms with Crippen molar-refractivity contribution in [1.29, 1.82) is 0 Å². The number of carbonyl (C=O) groups is 2. The Labute approximate surface area is 211 Å². The van der Waals surface area contributed by atoms with Crippen molar-refractivity contribution >= 4 is 40.0 Å². The summed E-state index contributed by atoms with van der Waals surface area (Å²) >= 11 is 2.52. The van der Waals surface area contributed by atoms with Gasteiger partial charge < -0.3 is 24.4 Å². The van der Waals surface area contributed by atoms with Crippen LogP contribution in [0.1, 0.15) is 53.4 Å². The summed E-state index contributed by atoms with van der Waals surface area (Å²) in [5.74, 6) is -0.717. The van der Waals surface area contributed by atoms with E-state index in [1.807, 2.05) is 6.92 Å². The normalized spacial score (nSPS) is 14.0. The quantitative estimate of drug-likeness (QED) is 0.208. The molecule has 4 rings (SSSR count). The lowest BCUT2D eigenvalue weighted by atomic mass is 10.1. The SMILES string of the molecule is CCC(Sc1c([O-])on[n+]1-c1ccc(OC)cc1)C(=O)Nc1sc2c(c1C(=O)OC)CCCCC2. The van der Waals surface area contributed by atoms with Crippen LogP contribution < -0.4 is 19.8 Å². The summed E-state index contributed by atoms with van der Waals surface area (Å²) in [5.41, 5.74) is 2.03. The number of amides is 1. The molecule has 186 valence electrons. The second-order valence-corrected chi connectivity index (χ2v) is 10.3. The van der Waals surface area contributed by atoms with Gasteiger partial charge in [-0.1, -0.05) is 13.3 Å². The zero-order valence-corrected chi connectivity index (χ0v) is 21.4. The number of benzene rings is 1. The number of methoxy groups -OCH3 is 2. The van der Waals surface area contributed by atoms with Gasteiger partial charge in [0.1, 0.15) is 10.8 Å². The van der Waals surface area contributed by atoms with Crippen LogP contribution in [0.25, 0.3) is 5.69 Å². The molecule has 1 aliphatic rings. The topological polar surface area (TPSA) is 118 Å². The second-order valence-electron chi connectivity index (χ2n) is 8.04. The summed E-state index contributed by atoms with van der Waals surface area (Å²) in [4.78, 5) is 27.0. The van der Waals surface area contributed by atoms with Crippen LogP contribution in [0.15, 0.2) is 33.8 Å². The molecule has 0 radical (unpaired) electrons. The van der Waals surface area contributed by atoms with Crippen molar-refractivity contribution in [2.75, 3.05) is 19.5 Å². The largest absolute Gasteiger partial charge is 0.538 e. The molecule has 3 aromatic rings. The Hall–Kier alpha value is -3.05. The lowest BCUT2D eigenvalue weighted by Crippen LogP contribution is -2.36. The van der Waals surface area contributed by atoms with E-state index in [2.05, 4.69) is 10.6 Å². The van der Waals surface area contributed by atoms with E-state index in [-0.39, 0.29) is 10.9 Å². The number of hydrogen-bond donors (Lipinski definition) is 1. The first-order valence-corrected chi connectivity index (χ1v) is 13.1. The molecule has 0 saturated carbocycles. The highest BCUT2D eigenvalue weighted by Crippen LogP contribution is 2.39. The van der Waals surface area contributed by atoms with E-state index in [1.165, 1.54) is 23.1 Å². The maximum atomic E-state index is 13.3. The summed E-state index contributed by atoms with van der Waals surface area (Å²) in [6.45, 7) is 1.86. The molecule has 0 fully saturated rings. The van der Waals surface area contributed by atoms with Crippen LogP contribution in [0, 0.1) is 0 Å². The zero-order chi connectivity index (χ0) is 24.9. The third-order valence-corrected chi connectivity index (χ3v) is 8.46. The number of ether oxygens (including phenoxy) is 2. The summed E-state index contributed by atoms with van der Waals surface area (Å²) in [5, 5.41) is 19.3. The third kappa shape index (κ3) is 5.30. The number of rotatable bonds is 8. The highest BCUT2D eigenvalue weighted by atomic mass is 32.2. The monoisotopic (exact) mass is 517 g/mol. The number of esters is 1. The maximum absolute atomic E-state index is 13.3. The molecule has 1 aliphatic carbocycles. The number of carbonyl (C=O) groups excluding carboxylic acids is 2. The molecular formula is C24H27N3O6S2. The number of nitrogens with zero attached hydrogens (tertiary/aromatic N) is 2. The highest BCUT2D eigenvalue weighted by Gasteiger charge is 2.31. The Morgan fingerprint density at radius 3 is 2.66 bits per heavy atom. The van der Waals surface area contributed by atoms with Gasteiger partial charge in [-0.25, -0.2) is 4.79 Å². The smallest absolute Gasteiger partial charge is 0.341 e. The molecular weight excluding hydrogens is 490 g/mol. The van der Waals surface area contributed by atoms with E-state index >= 15 is 0 Å². The number of hydrogen-bond acceptors (Lipinski definition) is 9. The predicted molar refractivity (Wildman–Crippen MR) is 130 cm³/mol. The minimum atomic E-state index is -0.629. The van der Waals surface area contributed by atoms with E-state index < -0.39 is 17.2 Å². The van der Waals surface area contributed by atoms with E-state index in [0.29, 0.717) is 28.4 Å². The first kappa shape index (κ1) is 25.1. The van der Waals surface area contributed by atoms with Gasteiger partial charge >= 0.3 is 5.97 Å². The molecule has 0 saturated heterocycles. The number of thioether (sulfide) groups is 1. The fourth-order valence-corrected chi connectivity index (χ4v) is 6.28. The Morgan fingerprint density at radius 2 is 1.97 bits per heavy atom. The first-order chi connectivity index (χ1) is 17.0. The van der Waals surface area contributed by atoms with Crippen LogP contribution in [0.5, 0.6) is 11.7 Å². The molecule has 1 amide bonds. The Kier molecular flexibility index (Phi) is 7.97. The lowest BCUT2D eigenvalue weighted by molar-refractivity contribution is -0.705. The Bertz CT molecular complexity index is 1200. The van der Waals surface area contributed by atoms with Gasteiger partial charge in [0.15, 0.2) is 5.95 Å². The van der Waals surface area contributed by atoms with Gasteiger partial charge in [0.05, 0.1) is 30.3 Å². The van der Waals surface area contributed by atoms with E-state index in [0.717, 1.165) is 54.3 Å². The van der Waals surface area contributed by atoms with E-state index in [9.17, 15) is 14.7 Å². The molecule has 2 heterocycles. The van der Waals surface area contributed by atoms with Gasteiger partial charge in [0, 0.05) is 17.0 Å². The second kappa shape index (κ2) is 11.1. The van der Waals surface area contributed by atoms with Crippen molar-refractivity contribution in [1.82, 2.24) is 5.27 Å². The molecule has 0 spiro atoms. The summed E-state index contributed by atoms with van der Waals surface area (Å²) in [7, 11) is 2.91. The van der Waals surface area contributed by atoms with Gasteiger partial charge in [-0.05, 0) is 66.2 Å². The first-order valence-electron chi connectivity index (χ1n) is 11.4. The molecule has 1 aromatic carbocycles. The minimum absolute atomic E-state index is 0.187. The third-order valence-electron chi connectivity index (χ3n) is 5.85. The highest BCUT2D eigenvalue weighted by molar-refractivity contribution is 8.00. The van der Waals surface area contributed by atoms with Crippen molar-refractivity contribution in [3.05, 3.63) is 40.3 Å². The van der Waals surface area contributed by atoms with Gasteiger partial charge in [-0.3, -0.25) is 4.79 Å². The number of anilines is 1. The molecule has 1 atom stereocenters. The van der Waals surface area contributed by atoms with Gasteiger partial charge in [-0.2, -0.15) is 0 Å². The fraction of sp³-hybridized carbons (Fsp3) is 0.417. The molecule has 11 heteroatoms. The molecule has 0 aliphatic heterocycles. The number of aromatic nitrogens is 2. The number of nitrogens with one attached hydrogen (secondary N) is 1. The average Bonchev–Trinajstić information content (AvgIpc) is 3.31. The van der Waals surface area contributed by atoms with E-state index in [1.54, 1.807) is 31.4 Å². The van der Waals surface area contributed by atoms with Crippen LogP contribution >= 0.6 is 23.1 Å². The van der Waals surface area contributed by atoms with E-state index in [4.69, 9.17) is 14.0 Å². The van der Waals surface area contributed by atoms with Crippen LogP contribution in [-0.4, -0.2) is 36.6 Å². The Balaban J connectivity index is 1.58. The molecule has 0 bridgehead atoms. The number of aryl methyl sites for hydroxylation is 1. The maximum Gasteiger partial charge on any atom is 0.341 e. The van der Waals surface area contributed by atoms with Gasteiger partial charge in [-0.15, -0.1) is 11.3 Å². The summed E-state index contributed by atoms with van der Waals surface area (Å²) in [6, 6.07) is 6.98. The standard InChI is InChI=1S/C24H27N3O6S2/c1-4-17(35-22-24(30)33-26-27(22)14-10-12-15(31-2)13-11-14)20(28)25-21-19(23(29)32-3)16-8-6-5-7-9-18(16)34-21/h10-13,17H,4-9H2,1-3H3,(H-,25,26,28,29,30). The lowest BCUT2D eigenvalue weighted by Gasteiger charge is -2.13. The average molecular weight is 518 g/mol. The van der Waals surface area contributed by atoms with Gasteiger partial charge in [0.2, 0.25) is 11.6 Å². The summed E-state index contributed by atoms with van der Waals surface area (Å²) in [6.07, 6.45) is 5.29. The van der Waals surface area contributed by atoms with Crippen molar-refractivity contribution in [2.45, 2.75) is 55.7 Å². The molecule has 2 aromatic heterocycles. The zero-order valence-electron chi connectivity index (χ0n) is 19.8. The van der Waals surface area contributed by atoms with Crippen LogP contribution in [0.3, 0.4) is 0 Å². The Morgan fingerprint density at radius 1 is 1.23 bits per heavy atom. The number of fused-ring (bicyclic) bond motifs is 1. The molecule has 1 unspecified atom stereocenters. The van der Waals surface area contributed by atoms with Crippen LogP contribution in [0.2, 0.25) is 0 Å².